The van der Waals surface area contributed by atoms with Crippen molar-refractivity contribution in [2.45, 2.75) is 44.6 Å². The average molecular weight is 239 g/mol. The lowest BCUT2D eigenvalue weighted by Gasteiger charge is -2.31. The molecule has 0 aromatic carbocycles. The zero-order valence-corrected chi connectivity index (χ0v) is 11.3. The standard InChI is InChI=1S/C14H29N3/c1-17-8-2-3-13(11-17)10-16-9-12-4-6-14(15)7-5-12/h12-14,16H,2-11,15H2,1H3. The Labute approximate surface area is 106 Å². The van der Waals surface area contributed by atoms with E-state index in [9.17, 15) is 0 Å². The van der Waals surface area contributed by atoms with Gasteiger partial charge >= 0.3 is 0 Å². The Morgan fingerprint density at radius 1 is 1.06 bits per heavy atom. The summed E-state index contributed by atoms with van der Waals surface area (Å²) in [5, 5.41) is 3.69. The van der Waals surface area contributed by atoms with E-state index in [-0.39, 0.29) is 0 Å². The molecule has 3 nitrogen and oxygen atoms in total. The molecule has 2 aliphatic rings. The summed E-state index contributed by atoms with van der Waals surface area (Å²) >= 11 is 0. The molecular formula is C14H29N3. The van der Waals surface area contributed by atoms with Gasteiger partial charge in [0.05, 0.1) is 0 Å². The third-order valence-electron chi connectivity index (χ3n) is 4.48. The second kappa shape index (κ2) is 6.72. The van der Waals surface area contributed by atoms with Crippen molar-refractivity contribution in [3.8, 4) is 0 Å². The second-order valence-corrected chi connectivity index (χ2v) is 6.21. The number of nitrogens with zero attached hydrogens (tertiary/aromatic N) is 1. The van der Waals surface area contributed by atoms with Crippen molar-refractivity contribution in [3.63, 3.8) is 0 Å². The van der Waals surface area contributed by atoms with E-state index in [1.807, 2.05) is 0 Å². The fourth-order valence-corrected chi connectivity index (χ4v) is 3.32. The summed E-state index contributed by atoms with van der Waals surface area (Å²) < 4.78 is 0. The van der Waals surface area contributed by atoms with Gasteiger partial charge < -0.3 is 16.0 Å². The number of hydrogen-bond acceptors (Lipinski definition) is 3. The van der Waals surface area contributed by atoms with Crippen LogP contribution in [0.1, 0.15) is 38.5 Å². The summed E-state index contributed by atoms with van der Waals surface area (Å²) in [7, 11) is 2.24. The first-order chi connectivity index (χ1) is 8.24. The van der Waals surface area contributed by atoms with Crippen LogP contribution in [0.15, 0.2) is 0 Å². The van der Waals surface area contributed by atoms with Crippen LogP contribution in [0.25, 0.3) is 0 Å². The fraction of sp³-hybridized carbons (Fsp3) is 1.00. The summed E-state index contributed by atoms with van der Waals surface area (Å²) in [6, 6.07) is 0.484. The van der Waals surface area contributed by atoms with E-state index in [4.69, 9.17) is 5.73 Å². The molecule has 1 saturated carbocycles. The van der Waals surface area contributed by atoms with Crippen LogP contribution >= 0.6 is 0 Å². The number of nitrogens with two attached hydrogens (primary N) is 1. The molecule has 1 unspecified atom stereocenters. The van der Waals surface area contributed by atoms with Crippen LogP contribution in [0, 0.1) is 11.8 Å². The topological polar surface area (TPSA) is 41.3 Å². The summed E-state index contributed by atoms with van der Waals surface area (Å²) in [4.78, 5) is 2.47. The first kappa shape index (κ1) is 13.3. The van der Waals surface area contributed by atoms with Gasteiger partial charge in [0.25, 0.3) is 0 Å². The van der Waals surface area contributed by atoms with Gasteiger partial charge in [-0.2, -0.15) is 0 Å². The molecule has 1 aliphatic heterocycles. The Morgan fingerprint density at radius 3 is 2.47 bits per heavy atom. The molecule has 1 aliphatic carbocycles. The van der Waals surface area contributed by atoms with Crippen LogP contribution in [-0.4, -0.2) is 44.2 Å². The summed E-state index contributed by atoms with van der Waals surface area (Å²) in [6.07, 6.45) is 7.92. The maximum atomic E-state index is 5.93. The molecule has 0 spiro atoms. The van der Waals surface area contributed by atoms with E-state index in [0.29, 0.717) is 6.04 Å². The molecule has 0 bridgehead atoms. The van der Waals surface area contributed by atoms with Gasteiger partial charge in [-0.15, -0.1) is 0 Å². The van der Waals surface area contributed by atoms with Crippen molar-refractivity contribution in [3.05, 3.63) is 0 Å². The third kappa shape index (κ3) is 4.57. The number of likely N-dealkylation sites (tertiary alicyclic amines) is 1. The molecule has 3 N–H and O–H groups in total. The van der Waals surface area contributed by atoms with Crippen molar-refractivity contribution >= 4 is 0 Å². The van der Waals surface area contributed by atoms with Gasteiger partial charge in [-0.05, 0) is 77.0 Å². The van der Waals surface area contributed by atoms with Crippen LogP contribution < -0.4 is 11.1 Å². The molecule has 100 valence electrons. The van der Waals surface area contributed by atoms with Gasteiger partial charge in [-0.1, -0.05) is 0 Å². The second-order valence-electron chi connectivity index (χ2n) is 6.21. The predicted octanol–water partition coefficient (Wildman–Crippen LogP) is 1.44. The van der Waals surface area contributed by atoms with Crippen LogP contribution in [0.5, 0.6) is 0 Å². The van der Waals surface area contributed by atoms with Gasteiger partial charge in [0.2, 0.25) is 0 Å². The van der Waals surface area contributed by atoms with Gasteiger partial charge in [0.15, 0.2) is 0 Å². The highest BCUT2D eigenvalue weighted by Crippen LogP contribution is 2.22. The van der Waals surface area contributed by atoms with E-state index >= 15 is 0 Å². The highest BCUT2D eigenvalue weighted by atomic mass is 15.1. The Bertz CT molecular complexity index is 212. The SMILES string of the molecule is CN1CCCC(CNCC2CCC(N)CC2)C1. The molecule has 17 heavy (non-hydrogen) atoms. The minimum Gasteiger partial charge on any atom is -0.328 e. The van der Waals surface area contributed by atoms with Gasteiger partial charge in [-0.3, -0.25) is 0 Å². The molecular weight excluding hydrogens is 210 g/mol. The number of rotatable bonds is 4. The number of hydrogen-bond donors (Lipinski definition) is 2. The summed E-state index contributed by atoms with van der Waals surface area (Å²) in [5.74, 6) is 1.76. The van der Waals surface area contributed by atoms with Crippen molar-refractivity contribution < 1.29 is 0 Å². The zero-order valence-electron chi connectivity index (χ0n) is 11.3. The highest BCUT2D eigenvalue weighted by Gasteiger charge is 2.20. The Balaban J connectivity index is 1.56. The van der Waals surface area contributed by atoms with Crippen LogP contribution in [-0.2, 0) is 0 Å². The first-order valence-corrected chi connectivity index (χ1v) is 7.39. The molecule has 0 aromatic rings. The van der Waals surface area contributed by atoms with E-state index in [0.717, 1.165) is 11.8 Å². The monoisotopic (exact) mass is 239 g/mol. The normalized spacial score (nSPS) is 36.0. The summed E-state index contributed by atoms with van der Waals surface area (Å²) in [6.45, 7) is 5.00. The van der Waals surface area contributed by atoms with E-state index in [1.54, 1.807) is 0 Å². The lowest BCUT2D eigenvalue weighted by molar-refractivity contribution is 0.202. The molecule has 3 heteroatoms. The Morgan fingerprint density at radius 2 is 1.76 bits per heavy atom. The minimum atomic E-state index is 0.484. The maximum Gasteiger partial charge on any atom is 0.00390 e. The largest absolute Gasteiger partial charge is 0.328 e. The van der Waals surface area contributed by atoms with E-state index < -0.39 is 0 Å². The summed E-state index contributed by atoms with van der Waals surface area (Å²) in [5.41, 5.74) is 5.93. The smallest absolute Gasteiger partial charge is 0.00390 e. The zero-order chi connectivity index (χ0) is 12.1. The number of nitrogens with one attached hydrogen (secondary N) is 1. The molecule has 2 fully saturated rings. The van der Waals surface area contributed by atoms with Gasteiger partial charge in [0, 0.05) is 12.6 Å². The Kier molecular flexibility index (Phi) is 5.26. The van der Waals surface area contributed by atoms with Crippen molar-refractivity contribution in [2.75, 3.05) is 33.2 Å². The first-order valence-electron chi connectivity index (χ1n) is 7.39. The maximum absolute atomic E-state index is 5.93. The third-order valence-corrected chi connectivity index (χ3v) is 4.48. The highest BCUT2D eigenvalue weighted by molar-refractivity contribution is 4.77. The minimum absolute atomic E-state index is 0.484. The number of piperidine rings is 1. The van der Waals surface area contributed by atoms with Gasteiger partial charge in [-0.25, -0.2) is 0 Å². The van der Waals surface area contributed by atoms with Gasteiger partial charge in [0.1, 0.15) is 0 Å². The molecule has 0 amide bonds. The van der Waals surface area contributed by atoms with Crippen LogP contribution in [0.3, 0.4) is 0 Å². The Hall–Kier alpha value is -0.120. The molecule has 0 radical (unpaired) electrons. The fourth-order valence-electron chi connectivity index (χ4n) is 3.32. The quantitative estimate of drug-likeness (QED) is 0.780. The van der Waals surface area contributed by atoms with E-state index in [1.165, 1.54) is 64.7 Å². The van der Waals surface area contributed by atoms with Crippen molar-refractivity contribution in [2.24, 2.45) is 17.6 Å². The van der Waals surface area contributed by atoms with Crippen LogP contribution in [0.4, 0.5) is 0 Å². The molecule has 1 heterocycles. The van der Waals surface area contributed by atoms with Crippen LogP contribution in [0.2, 0.25) is 0 Å². The molecule has 2 rings (SSSR count). The van der Waals surface area contributed by atoms with Crippen molar-refractivity contribution in [1.29, 1.82) is 0 Å². The molecule has 0 aromatic heterocycles. The van der Waals surface area contributed by atoms with E-state index in [2.05, 4.69) is 17.3 Å². The molecule has 1 saturated heterocycles. The average Bonchev–Trinajstić information content (AvgIpc) is 2.32. The molecule has 1 atom stereocenters. The van der Waals surface area contributed by atoms with Crippen molar-refractivity contribution in [1.82, 2.24) is 10.2 Å². The lowest BCUT2D eigenvalue weighted by Crippen LogP contribution is -2.39. The lowest BCUT2D eigenvalue weighted by atomic mass is 9.86. The predicted molar refractivity (Wildman–Crippen MR) is 73.0 cm³/mol.